The third kappa shape index (κ3) is 1.33. The molecule has 9 heavy (non-hydrogen) atoms. The quantitative estimate of drug-likeness (QED) is 0.520. The van der Waals surface area contributed by atoms with Gasteiger partial charge in [-0.1, -0.05) is 0 Å². The van der Waals surface area contributed by atoms with E-state index in [4.69, 9.17) is 11.0 Å². The van der Waals surface area contributed by atoms with E-state index in [1.165, 1.54) is 0 Å². The molecular formula is C7H8N2. The average molecular weight is 120 g/mol. The first-order valence-corrected chi connectivity index (χ1v) is 2.88. The van der Waals surface area contributed by atoms with E-state index in [0.29, 0.717) is 0 Å². The SMILES string of the molecule is N#CC1=CC=C(N)CC1. The van der Waals surface area contributed by atoms with Crippen LogP contribution in [0.15, 0.2) is 23.4 Å². The molecule has 0 heterocycles. The molecule has 0 aromatic rings. The molecule has 1 aliphatic rings. The Bertz CT molecular complexity index is 205. The van der Waals surface area contributed by atoms with E-state index in [9.17, 15) is 0 Å². The van der Waals surface area contributed by atoms with E-state index >= 15 is 0 Å². The van der Waals surface area contributed by atoms with Crippen molar-refractivity contribution < 1.29 is 0 Å². The second kappa shape index (κ2) is 2.36. The monoisotopic (exact) mass is 120 g/mol. The summed E-state index contributed by atoms with van der Waals surface area (Å²) < 4.78 is 0. The summed E-state index contributed by atoms with van der Waals surface area (Å²) in [6, 6.07) is 2.09. The Morgan fingerprint density at radius 2 is 2.22 bits per heavy atom. The molecule has 0 aromatic carbocycles. The van der Waals surface area contributed by atoms with Crippen LogP contribution in [0.5, 0.6) is 0 Å². The van der Waals surface area contributed by atoms with Gasteiger partial charge in [-0.05, 0) is 25.0 Å². The van der Waals surface area contributed by atoms with Gasteiger partial charge in [0.25, 0.3) is 0 Å². The third-order valence-electron chi connectivity index (χ3n) is 1.33. The molecule has 2 heteroatoms. The Morgan fingerprint density at radius 1 is 1.44 bits per heavy atom. The molecule has 1 aliphatic carbocycles. The molecule has 0 atom stereocenters. The summed E-state index contributed by atoms with van der Waals surface area (Å²) in [5.74, 6) is 0. The van der Waals surface area contributed by atoms with Crippen LogP contribution >= 0.6 is 0 Å². The van der Waals surface area contributed by atoms with Gasteiger partial charge in [0.2, 0.25) is 0 Å². The number of rotatable bonds is 0. The van der Waals surface area contributed by atoms with E-state index in [1.807, 2.05) is 0 Å². The molecule has 0 aliphatic heterocycles. The number of nitriles is 1. The second-order valence-electron chi connectivity index (χ2n) is 2.05. The highest BCUT2D eigenvalue weighted by Gasteiger charge is 2.00. The Labute approximate surface area is 54.3 Å². The van der Waals surface area contributed by atoms with E-state index in [1.54, 1.807) is 12.2 Å². The highest BCUT2D eigenvalue weighted by Crippen LogP contribution is 2.12. The maximum absolute atomic E-state index is 8.39. The molecular weight excluding hydrogens is 112 g/mol. The molecule has 0 aromatic heterocycles. The van der Waals surface area contributed by atoms with Crippen molar-refractivity contribution in [3.8, 4) is 6.07 Å². The smallest absolute Gasteiger partial charge is 0.0947 e. The lowest BCUT2D eigenvalue weighted by Gasteiger charge is -2.03. The van der Waals surface area contributed by atoms with Crippen molar-refractivity contribution in [1.29, 1.82) is 5.26 Å². The average Bonchev–Trinajstić information content (AvgIpc) is 1.90. The number of hydrogen-bond acceptors (Lipinski definition) is 2. The molecule has 2 N–H and O–H groups in total. The van der Waals surface area contributed by atoms with Gasteiger partial charge in [-0.25, -0.2) is 0 Å². The van der Waals surface area contributed by atoms with Crippen LogP contribution in [-0.2, 0) is 0 Å². The minimum absolute atomic E-state index is 0.804. The largest absolute Gasteiger partial charge is 0.402 e. The van der Waals surface area contributed by atoms with Gasteiger partial charge in [0, 0.05) is 11.3 Å². The standard InChI is InChI=1S/C7H8N2/c8-5-6-1-3-7(9)4-2-6/h1,3H,2,4,9H2. The fourth-order valence-electron chi connectivity index (χ4n) is 0.746. The summed E-state index contributed by atoms with van der Waals surface area (Å²) in [5.41, 5.74) is 7.15. The lowest BCUT2D eigenvalue weighted by atomic mass is 10.0. The molecule has 2 nitrogen and oxygen atoms in total. The van der Waals surface area contributed by atoms with Crippen molar-refractivity contribution in [3.05, 3.63) is 23.4 Å². The molecule has 0 radical (unpaired) electrons. The Hall–Kier alpha value is -1.23. The van der Waals surface area contributed by atoms with E-state index in [2.05, 4.69) is 6.07 Å². The van der Waals surface area contributed by atoms with Crippen LogP contribution < -0.4 is 5.73 Å². The van der Waals surface area contributed by atoms with Crippen LogP contribution in [0.3, 0.4) is 0 Å². The summed E-state index contributed by atoms with van der Waals surface area (Å²) >= 11 is 0. The van der Waals surface area contributed by atoms with Crippen LogP contribution in [0.4, 0.5) is 0 Å². The van der Waals surface area contributed by atoms with Crippen molar-refractivity contribution in [2.75, 3.05) is 0 Å². The molecule has 0 saturated carbocycles. The fourth-order valence-corrected chi connectivity index (χ4v) is 0.746. The molecule has 0 amide bonds. The first kappa shape index (κ1) is 5.90. The molecule has 0 saturated heterocycles. The van der Waals surface area contributed by atoms with Gasteiger partial charge >= 0.3 is 0 Å². The fraction of sp³-hybridized carbons (Fsp3) is 0.286. The lowest BCUT2D eigenvalue weighted by molar-refractivity contribution is 0.915. The zero-order valence-corrected chi connectivity index (χ0v) is 5.09. The van der Waals surface area contributed by atoms with E-state index in [-0.39, 0.29) is 0 Å². The summed E-state index contributed by atoms with van der Waals surface area (Å²) in [5, 5.41) is 8.39. The van der Waals surface area contributed by atoms with Crippen molar-refractivity contribution in [3.63, 3.8) is 0 Å². The van der Waals surface area contributed by atoms with Gasteiger partial charge in [-0.3, -0.25) is 0 Å². The Morgan fingerprint density at radius 3 is 2.67 bits per heavy atom. The molecule has 0 spiro atoms. The van der Waals surface area contributed by atoms with Crippen LogP contribution in [0.25, 0.3) is 0 Å². The van der Waals surface area contributed by atoms with Gasteiger partial charge in [0.05, 0.1) is 6.07 Å². The molecule has 1 rings (SSSR count). The van der Waals surface area contributed by atoms with Crippen LogP contribution in [0, 0.1) is 11.3 Å². The van der Waals surface area contributed by atoms with Gasteiger partial charge in [0.15, 0.2) is 0 Å². The number of nitrogens with two attached hydrogens (primary N) is 1. The van der Waals surface area contributed by atoms with Gasteiger partial charge in [-0.15, -0.1) is 0 Å². The van der Waals surface area contributed by atoms with Gasteiger partial charge in [-0.2, -0.15) is 5.26 Å². The first-order chi connectivity index (χ1) is 4.33. The number of allylic oxidation sites excluding steroid dienone is 4. The first-order valence-electron chi connectivity index (χ1n) is 2.88. The minimum atomic E-state index is 0.804. The third-order valence-corrected chi connectivity index (χ3v) is 1.33. The number of hydrogen-bond donors (Lipinski definition) is 1. The van der Waals surface area contributed by atoms with Crippen molar-refractivity contribution in [2.24, 2.45) is 5.73 Å². The summed E-state index contributed by atoms with van der Waals surface area (Å²) in [6.45, 7) is 0. The normalized spacial score (nSPS) is 17.7. The molecule has 46 valence electrons. The predicted octanol–water partition coefficient (Wildman–Crippen LogP) is 1.07. The topological polar surface area (TPSA) is 49.8 Å². The summed E-state index contributed by atoms with van der Waals surface area (Å²) in [4.78, 5) is 0. The Kier molecular flexibility index (Phi) is 1.55. The van der Waals surface area contributed by atoms with Crippen molar-refractivity contribution in [2.45, 2.75) is 12.8 Å². The maximum atomic E-state index is 8.39. The van der Waals surface area contributed by atoms with Crippen molar-refractivity contribution >= 4 is 0 Å². The highest BCUT2D eigenvalue weighted by molar-refractivity contribution is 5.31. The number of nitrogens with zero attached hydrogens (tertiary/aromatic N) is 1. The molecule has 0 fully saturated rings. The summed E-state index contributed by atoms with van der Waals surface area (Å²) in [6.07, 6.45) is 5.21. The summed E-state index contributed by atoms with van der Waals surface area (Å²) in [7, 11) is 0. The Balaban J connectivity index is 2.73. The minimum Gasteiger partial charge on any atom is -0.402 e. The van der Waals surface area contributed by atoms with Crippen LogP contribution in [-0.4, -0.2) is 0 Å². The highest BCUT2D eigenvalue weighted by atomic mass is 14.6. The maximum Gasteiger partial charge on any atom is 0.0947 e. The molecule has 0 bridgehead atoms. The molecule has 0 unspecified atom stereocenters. The van der Waals surface area contributed by atoms with Crippen molar-refractivity contribution in [1.82, 2.24) is 0 Å². The lowest BCUT2D eigenvalue weighted by Crippen LogP contribution is -2.00. The zero-order chi connectivity index (χ0) is 6.69. The van der Waals surface area contributed by atoms with Crippen LogP contribution in [0.1, 0.15) is 12.8 Å². The van der Waals surface area contributed by atoms with E-state index < -0.39 is 0 Å². The van der Waals surface area contributed by atoms with Gasteiger partial charge < -0.3 is 5.73 Å². The second-order valence-corrected chi connectivity index (χ2v) is 2.05. The van der Waals surface area contributed by atoms with Crippen LogP contribution in [0.2, 0.25) is 0 Å². The predicted molar refractivity (Wildman–Crippen MR) is 35.2 cm³/mol. The van der Waals surface area contributed by atoms with Gasteiger partial charge in [0.1, 0.15) is 0 Å². The van der Waals surface area contributed by atoms with E-state index in [0.717, 1.165) is 24.1 Å². The zero-order valence-electron chi connectivity index (χ0n) is 5.09.